The highest BCUT2D eigenvalue weighted by Crippen LogP contribution is 2.42. The van der Waals surface area contributed by atoms with Crippen LogP contribution in [0.4, 0.5) is 0 Å². The van der Waals surface area contributed by atoms with E-state index in [4.69, 9.17) is 0 Å². The summed E-state index contributed by atoms with van der Waals surface area (Å²) >= 11 is 0. The number of hydrogen-bond acceptors (Lipinski definition) is 1. The van der Waals surface area contributed by atoms with Crippen LogP contribution < -0.4 is 0 Å². The van der Waals surface area contributed by atoms with Crippen LogP contribution in [0.1, 0.15) is 24.5 Å². The predicted molar refractivity (Wildman–Crippen MR) is 76.2 cm³/mol. The van der Waals surface area contributed by atoms with E-state index in [2.05, 4.69) is 78.8 Å². The highest BCUT2D eigenvalue weighted by Gasteiger charge is 2.41. The Balaban J connectivity index is 2.17. The highest BCUT2D eigenvalue weighted by molar-refractivity contribution is 5.67. The van der Waals surface area contributed by atoms with Gasteiger partial charge in [0, 0.05) is 11.6 Å². The van der Waals surface area contributed by atoms with E-state index in [9.17, 15) is 0 Å². The molecule has 0 N–H and O–H groups in total. The number of benzene rings is 2. The number of nitrogens with zero attached hydrogens (tertiary/aromatic N) is 1. The van der Waals surface area contributed by atoms with Gasteiger partial charge >= 0.3 is 0 Å². The minimum Gasteiger partial charge on any atom is -0.293 e. The molecule has 1 unspecified atom stereocenters. The van der Waals surface area contributed by atoms with Crippen LogP contribution in [0.15, 0.2) is 65.7 Å². The van der Waals surface area contributed by atoms with Gasteiger partial charge in [-0.05, 0) is 24.5 Å². The van der Waals surface area contributed by atoms with Gasteiger partial charge in [-0.1, -0.05) is 60.7 Å². The van der Waals surface area contributed by atoms with Crippen molar-refractivity contribution in [2.24, 2.45) is 4.99 Å². The SMILES string of the molecule is CC1N=CCC1(c1ccccc1)c1ccccc1. The lowest BCUT2D eigenvalue weighted by Crippen LogP contribution is -2.34. The van der Waals surface area contributed by atoms with Gasteiger partial charge in [-0.3, -0.25) is 4.99 Å². The third kappa shape index (κ3) is 1.59. The van der Waals surface area contributed by atoms with Crippen molar-refractivity contribution in [2.45, 2.75) is 24.8 Å². The average Bonchev–Trinajstić information content (AvgIpc) is 2.84. The molecule has 0 aromatic heterocycles. The summed E-state index contributed by atoms with van der Waals surface area (Å²) in [6.45, 7) is 2.21. The molecular weight excluding hydrogens is 218 g/mol. The second-order valence-corrected chi connectivity index (χ2v) is 4.92. The fraction of sp³-hybridized carbons (Fsp3) is 0.235. The maximum atomic E-state index is 4.62. The second-order valence-electron chi connectivity index (χ2n) is 4.92. The molecule has 0 saturated carbocycles. The summed E-state index contributed by atoms with van der Waals surface area (Å²) in [6.07, 6.45) is 3.06. The summed E-state index contributed by atoms with van der Waals surface area (Å²) in [6, 6.07) is 21.8. The van der Waals surface area contributed by atoms with E-state index < -0.39 is 0 Å². The molecule has 2 aromatic rings. The van der Waals surface area contributed by atoms with Gasteiger partial charge in [-0.15, -0.1) is 0 Å². The van der Waals surface area contributed by atoms with E-state index in [-0.39, 0.29) is 5.41 Å². The first-order valence-electron chi connectivity index (χ1n) is 6.47. The molecular formula is C17H17N. The van der Waals surface area contributed by atoms with E-state index in [1.807, 2.05) is 0 Å². The van der Waals surface area contributed by atoms with Crippen LogP contribution in [-0.4, -0.2) is 12.3 Å². The Kier molecular flexibility index (Phi) is 2.75. The quantitative estimate of drug-likeness (QED) is 0.750. The number of rotatable bonds is 2. The summed E-state index contributed by atoms with van der Waals surface area (Å²) in [7, 11) is 0. The third-order valence-corrected chi connectivity index (χ3v) is 4.03. The zero-order valence-corrected chi connectivity index (χ0v) is 10.6. The Morgan fingerprint density at radius 1 is 0.889 bits per heavy atom. The third-order valence-electron chi connectivity index (χ3n) is 4.03. The van der Waals surface area contributed by atoms with Gasteiger partial charge in [0.25, 0.3) is 0 Å². The molecule has 0 amide bonds. The monoisotopic (exact) mass is 235 g/mol. The molecule has 0 radical (unpaired) electrons. The van der Waals surface area contributed by atoms with Crippen LogP contribution in [-0.2, 0) is 5.41 Å². The van der Waals surface area contributed by atoms with Crippen molar-refractivity contribution in [2.75, 3.05) is 0 Å². The zero-order valence-electron chi connectivity index (χ0n) is 10.6. The second kappa shape index (κ2) is 4.41. The Morgan fingerprint density at radius 3 is 1.78 bits per heavy atom. The summed E-state index contributed by atoms with van der Waals surface area (Å²) in [5.74, 6) is 0. The molecule has 3 rings (SSSR count). The lowest BCUT2D eigenvalue weighted by Gasteiger charge is -2.34. The highest BCUT2D eigenvalue weighted by atomic mass is 14.8. The molecule has 18 heavy (non-hydrogen) atoms. The topological polar surface area (TPSA) is 12.4 Å². The van der Waals surface area contributed by atoms with Gasteiger partial charge in [-0.2, -0.15) is 0 Å². The molecule has 0 saturated heterocycles. The fourth-order valence-corrected chi connectivity index (χ4v) is 3.01. The summed E-state index contributed by atoms with van der Waals surface area (Å²) in [5, 5.41) is 0. The van der Waals surface area contributed by atoms with Crippen molar-refractivity contribution in [1.82, 2.24) is 0 Å². The zero-order chi connectivity index (χ0) is 12.4. The molecule has 1 atom stereocenters. The summed E-state index contributed by atoms with van der Waals surface area (Å²) in [4.78, 5) is 4.62. The Bertz CT molecular complexity index is 503. The largest absolute Gasteiger partial charge is 0.293 e. The van der Waals surface area contributed by atoms with Gasteiger partial charge < -0.3 is 0 Å². The summed E-state index contributed by atoms with van der Waals surface area (Å²) in [5.41, 5.74) is 2.74. The van der Waals surface area contributed by atoms with Crippen molar-refractivity contribution >= 4 is 6.21 Å². The van der Waals surface area contributed by atoms with Gasteiger partial charge in [0.15, 0.2) is 0 Å². The molecule has 1 aliphatic rings. The normalized spacial score (nSPS) is 21.1. The smallest absolute Gasteiger partial charge is 0.0608 e. The van der Waals surface area contributed by atoms with Crippen molar-refractivity contribution < 1.29 is 0 Å². The first-order chi connectivity index (χ1) is 8.84. The van der Waals surface area contributed by atoms with Crippen LogP contribution in [0.2, 0.25) is 0 Å². The van der Waals surface area contributed by atoms with E-state index in [0.29, 0.717) is 6.04 Å². The van der Waals surface area contributed by atoms with Gasteiger partial charge in [0.05, 0.1) is 6.04 Å². The molecule has 1 heteroatoms. The van der Waals surface area contributed by atoms with Crippen molar-refractivity contribution in [1.29, 1.82) is 0 Å². The van der Waals surface area contributed by atoms with E-state index >= 15 is 0 Å². The molecule has 0 spiro atoms. The molecule has 1 nitrogen and oxygen atoms in total. The molecule has 0 aliphatic carbocycles. The fourth-order valence-electron chi connectivity index (χ4n) is 3.01. The first-order valence-corrected chi connectivity index (χ1v) is 6.47. The van der Waals surface area contributed by atoms with Gasteiger partial charge in [0.2, 0.25) is 0 Å². The Hall–Kier alpha value is -1.89. The first kappa shape index (κ1) is 11.2. The maximum absolute atomic E-state index is 4.62. The van der Waals surface area contributed by atoms with Crippen molar-refractivity contribution in [3.8, 4) is 0 Å². The number of hydrogen-bond donors (Lipinski definition) is 0. The van der Waals surface area contributed by atoms with E-state index in [1.54, 1.807) is 0 Å². The lowest BCUT2D eigenvalue weighted by molar-refractivity contribution is 0.478. The Labute approximate surface area is 108 Å². The summed E-state index contributed by atoms with van der Waals surface area (Å²) < 4.78 is 0. The molecule has 1 heterocycles. The van der Waals surface area contributed by atoms with Crippen molar-refractivity contribution in [3.63, 3.8) is 0 Å². The Morgan fingerprint density at radius 2 is 1.39 bits per heavy atom. The standard InChI is InChI=1S/C17H17N/c1-14-17(12-13-18-14,15-8-4-2-5-9-15)16-10-6-3-7-11-16/h2-11,13-14H,12H2,1H3. The van der Waals surface area contributed by atoms with Crippen LogP contribution in [0, 0.1) is 0 Å². The molecule has 0 bridgehead atoms. The van der Waals surface area contributed by atoms with Gasteiger partial charge in [-0.25, -0.2) is 0 Å². The molecule has 2 aromatic carbocycles. The van der Waals surface area contributed by atoms with Crippen LogP contribution in [0.5, 0.6) is 0 Å². The predicted octanol–water partition coefficient (Wildman–Crippen LogP) is 3.84. The molecule has 1 aliphatic heterocycles. The maximum Gasteiger partial charge on any atom is 0.0608 e. The van der Waals surface area contributed by atoms with Gasteiger partial charge in [0.1, 0.15) is 0 Å². The van der Waals surface area contributed by atoms with Crippen LogP contribution in [0.3, 0.4) is 0 Å². The van der Waals surface area contributed by atoms with E-state index in [1.165, 1.54) is 11.1 Å². The molecule has 0 fully saturated rings. The number of aliphatic imine (C=N–C) groups is 1. The van der Waals surface area contributed by atoms with Crippen LogP contribution in [0.25, 0.3) is 0 Å². The minimum absolute atomic E-state index is 0.0164. The molecule has 90 valence electrons. The van der Waals surface area contributed by atoms with Crippen molar-refractivity contribution in [3.05, 3.63) is 71.8 Å². The average molecular weight is 235 g/mol. The minimum atomic E-state index is 0.0164. The van der Waals surface area contributed by atoms with E-state index in [0.717, 1.165) is 6.42 Å². The lowest BCUT2D eigenvalue weighted by atomic mass is 9.69. The van der Waals surface area contributed by atoms with Crippen LogP contribution >= 0.6 is 0 Å².